The number of benzene rings is 1. The van der Waals surface area contributed by atoms with Gasteiger partial charge in [-0.25, -0.2) is 4.98 Å². The van der Waals surface area contributed by atoms with Crippen LogP contribution in [0.5, 0.6) is 5.75 Å². The fourth-order valence-corrected chi connectivity index (χ4v) is 3.07. The van der Waals surface area contributed by atoms with Gasteiger partial charge in [-0.05, 0) is 43.7 Å². The Balaban J connectivity index is 1.67. The topological polar surface area (TPSA) is 75.0 Å². The molecule has 2 unspecified atom stereocenters. The first-order valence-electron chi connectivity index (χ1n) is 9.82. The van der Waals surface area contributed by atoms with E-state index >= 15 is 0 Å². The highest BCUT2D eigenvalue weighted by Crippen LogP contribution is 2.24. The Morgan fingerprint density at radius 1 is 1.32 bits per heavy atom. The molecule has 0 amide bonds. The molecule has 1 aromatic carbocycles. The number of aliphatic hydroxyl groups is 1. The molecule has 0 saturated carbocycles. The minimum atomic E-state index is -2.89. The van der Waals surface area contributed by atoms with Crippen LogP contribution in [0.2, 0.25) is 0 Å². The number of aliphatic hydroxyl groups excluding tert-OH is 1. The minimum Gasteiger partial charge on any atom is -0.491 e. The number of nitrogens with zero attached hydrogens (tertiary/aromatic N) is 2. The standard InChI is InChI=1S/C22H26F2N2O5/c1-14(2)20(29-8-9-30-21-12-28-11-19(21)27)7-4-15(3)26-13-25-17-6-5-16(10-18(17)26)31-22(23)24/h4-7,10,13,19,21-22,27H,1,8-9,11-12H2,2-3H3/b15-4+,20-7+. The highest BCUT2D eigenvalue weighted by atomic mass is 19.3. The van der Waals surface area contributed by atoms with E-state index in [2.05, 4.69) is 16.3 Å². The maximum Gasteiger partial charge on any atom is 0.387 e. The molecule has 3 rings (SSSR count). The van der Waals surface area contributed by atoms with Gasteiger partial charge >= 0.3 is 6.61 Å². The molecule has 2 aromatic rings. The molecular formula is C22H26F2N2O5. The zero-order valence-electron chi connectivity index (χ0n) is 17.5. The largest absolute Gasteiger partial charge is 0.491 e. The summed E-state index contributed by atoms with van der Waals surface area (Å²) in [5.41, 5.74) is 2.83. The van der Waals surface area contributed by atoms with Gasteiger partial charge < -0.3 is 28.6 Å². The highest BCUT2D eigenvalue weighted by molar-refractivity contribution is 5.80. The van der Waals surface area contributed by atoms with Crippen LogP contribution in [-0.4, -0.2) is 59.9 Å². The van der Waals surface area contributed by atoms with Gasteiger partial charge in [0.25, 0.3) is 0 Å². The molecule has 1 aliphatic heterocycles. The van der Waals surface area contributed by atoms with Crippen molar-refractivity contribution in [3.05, 3.63) is 54.6 Å². The lowest BCUT2D eigenvalue weighted by atomic mass is 10.2. The smallest absolute Gasteiger partial charge is 0.387 e. The highest BCUT2D eigenvalue weighted by Gasteiger charge is 2.26. The van der Waals surface area contributed by atoms with Crippen LogP contribution < -0.4 is 4.74 Å². The molecule has 7 nitrogen and oxygen atoms in total. The lowest BCUT2D eigenvalue weighted by molar-refractivity contribution is -0.0497. The number of alkyl halides is 2. The van der Waals surface area contributed by atoms with E-state index in [9.17, 15) is 13.9 Å². The number of halogens is 2. The maximum absolute atomic E-state index is 12.5. The van der Waals surface area contributed by atoms with Crippen molar-refractivity contribution in [1.29, 1.82) is 0 Å². The van der Waals surface area contributed by atoms with E-state index in [4.69, 9.17) is 14.2 Å². The molecule has 0 aliphatic carbocycles. The molecule has 1 saturated heterocycles. The molecule has 0 radical (unpaired) electrons. The predicted octanol–water partition coefficient (Wildman–Crippen LogP) is 3.75. The molecule has 1 fully saturated rings. The molecule has 1 aliphatic rings. The molecule has 0 bridgehead atoms. The van der Waals surface area contributed by atoms with Crippen molar-refractivity contribution >= 4 is 16.7 Å². The first-order valence-corrected chi connectivity index (χ1v) is 9.82. The summed E-state index contributed by atoms with van der Waals surface area (Å²) in [5, 5.41) is 9.68. The molecule has 2 heterocycles. The Labute approximate surface area is 179 Å². The van der Waals surface area contributed by atoms with E-state index < -0.39 is 12.7 Å². The van der Waals surface area contributed by atoms with Crippen molar-refractivity contribution in [2.75, 3.05) is 26.4 Å². The third-order valence-corrected chi connectivity index (χ3v) is 4.69. The Hall–Kier alpha value is -2.75. The van der Waals surface area contributed by atoms with Gasteiger partial charge in [-0.2, -0.15) is 8.78 Å². The lowest BCUT2D eigenvalue weighted by Gasteiger charge is -2.15. The fraction of sp³-hybridized carbons (Fsp3) is 0.409. The number of fused-ring (bicyclic) bond motifs is 1. The van der Waals surface area contributed by atoms with E-state index in [1.54, 1.807) is 23.0 Å². The summed E-state index contributed by atoms with van der Waals surface area (Å²) in [6, 6.07) is 4.60. The first kappa shape index (κ1) is 22.9. The van der Waals surface area contributed by atoms with Gasteiger partial charge in [-0.3, -0.25) is 0 Å². The molecule has 1 aromatic heterocycles. The molecule has 31 heavy (non-hydrogen) atoms. The second kappa shape index (κ2) is 10.5. The van der Waals surface area contributed by atoms with Gasteiger partial charge in [-0.1, -0.05) is 6.58 Å². The number of imidazole rings is 1. The summed E-state index contributed by atoms with van der Waals surface area (Å²) in [6.45, 7) is 5.96. The first-order chi connectivity index (χ1) is 14.8. The number of ether oxygens (including phenoxy) is 4. The Bertz CT molecular complexity index is 970. The Morgan fingerprint density at radius 2 is 2.13 bits per heavy atom. The SMILES string of the molecule is C=C(C)/C(=C\C=C(/C)n1cnc2ccc(OC(F)F)cc21)OCCOC1COCC1O. The Kier molecular flexibility index (Phi) is 7.78. The van der Waals surface area contributed by atoms with Gasteiger partial charge in [0, 0.05) is 11.8 Å². The number of rotatable bonds is 10. The monoisotopic (exact) mass is 436 g/mol. The van der Waals surface area contributed by atoms with E-state index in [0.717, 1.165) is 11.3 Å². The average molecular weight is 436 g/mol. The summed E-state index contributed by atoms with van der Waals surface area (Å²) < 4.78 is 47.7. The number of hydrogen-bond acceptors (Lipinski definition) is 6. The van der Waals surface area contributed by atoms with Crippen LogP contribution in [-0.2, 0) is 14.2 Å². The van der Waals surface area contributed by atoms with Gasteiger partial charge in [-0.15, -0.1) is 0 Å². The van der Waals surface area contributed by atoms with E-state index in [1.807, 2.05) is 19.9 Å². The third-order valence-electron chi connectivity index (χ3n) is 4.69. The van der Waals surface area contributed by atoms with Crippen molar-refractivity contribution in [2.45, 2.75) is 32.7 Å². The van der Waals surface area contributed by atoms with Gasteiger partial charge in [0.2, 0.25) is 0 Å². The number of aromatic nitrogens is 2. The van der Waals surface area contributed by atoms with Crippen LogP contribution >= 0.6 is 0 Å². The van der Waals surface area contributed by atoms with Crippen molar-refractivity contribution < 1.29 is 32.8 Å². The van der Waals surface area contributed by atoms with Crippen LogP contribution in [0.3, 0.4) is 0 Å². The van der Waals surface area contributed by atoms with Crippen LogP contribution in [0.4, 0.5) is 8.78 Å². The van der Waals surface area contributed by atoms with Crippen LogP contribution in [0.1, 0.15) is 13.8 Å². The van der Waals surface area contributed by atoms with Gasteiger partial charge in [0.15, 0.2) is 0 Å². The van der Waals surface area contributed by atoms with Crippen molar-refractivity contribution in [3.63, 3.8) is 0 Å². The van der Waals surface area contributed by atoms with E-state index in [1.165, 1.54) is 12.1 Å². The zero-order chi connectivity index (χ0) is 22.4. The summed E-state index contributed by atoms with van der Waals surface area (Å²) in [4.78, 5) is 4.29. The summed E-state index contributed by atoms with van der Waals surface area (Å²) in [7, 11) is 0. The second-order valence-electron chi connectivity index (χ2n) is 7.13. The van der Waals surface area contributed by atoms with Crippen molar-refractivity contribution in [1.82, 2.24) is 9.55 Å². The molecule has 0 spiro atoms. The summed E-state index contributed by atoms with van der Waals surface area (Å²) in [5.74, 6) is 0.647. The fourth-order valence-electron chi connectivity index (χ4n) is 3.07. The van der Waals surface area contributed by atoms with E-state index in [0.29, 0.717) is 30.0 Å². The van der Waals surface area contributed by atoms with Crippen molar-refractivity contribution in [2.24, 2.45) is 0 Å². The average Bonchev–Trinajstić information content (AvgIpc) is 3.32. The minimum absolute atomic E-state index is 0.0660. The molecule has 9 heteroatoms. The molecule has 2 atom stereocenters. The predicted molar refractivity (Wildman–Crippen MR) is 112 cm³/mol. The maximum atomic E-state index is 12.5. The summed E-state index contributed by atoms with van der Waals surface area (Å²) >= 11 is 0. The van der Waals surface area contributed by atoms with Gasteiger partial charge in [0.1, 0.15) is 36.7 Å². The zero-order valence-corrected chi connectivity index (χ0v) is 17.5. The molecular weight excluding hydrogens is 410 g/mol. The quantitative estimate of drug-likeness (QED) is 0.347. The van der Waals surface area contributed by atoms with Gasteiger partial charge in [0.05, 0.1) is 30.9 Å². The molecule has 168 valence electrons. The Morgan fingerprint density at radius 3 is 2.81 bits per heavy atom. The molecule has 1 N–H and O–H groups in total. The van der Waals surface area contributed by atoms with Crippen LogP contribution in [0, 0.1) is 0 Å². The third kappa shape index (κ3) is 6.13. The van der Waals surface area contributed by atoms with E-state index in [-0.39, 0.29) is 25.1 Å². The van der Waals surface area contributed by atoms with Crippen LogP contribution in [0.15, 0.2) is 54.6 Å². The summed E-state index contributed by atoms with van der Waals surface area (Å²) in [6.07, 6.45) is 4.26. The van der Waals surface area contributed by atoms with Crippen LogP contribution in [0.25, 0.3) is 16.7 Å². The van der Waals surface area contributed by atoms with Crippen molar-refractivity contribution in [3.8, 4) is 5.75 Å². The second-order valence-corrected chi connectivity index (χ2v) is 7.13. The normalized spacial score (nSPS) is 19.9. The number of hydrogen-bond donors (Lipinski definition) is 1. The lowest BCUT2D eigenvalue weighted by Crippen LogP contribution is -2.28. The number of allylic oxidation sites excluding steroid dienone is 4.